The van der Waals surface area contributed by atoms with E-state index < -0.39 is 0 Å². The van der Waals surface area contributed by atoms with Crippen LogP contribution in [0, 0.1) is 0 Å². The van der Waals surface area contributed by atoms with Crippen LogP contribution < -0.4 is 5.73 Å². The largest absolute Gasteiger partial charge is 0.324 e. The van der Waals surface area contributed by atoms with E-state index in [0.29, 0.717) is 5.56 Å². The first-order valence-corrected chi connectivity index (χ1v) is 5.29. The maximum absolute atomic E-state index is 11.5. The summed E-state index contributed by atoms with van der Waals surface area (Å²) in [5, 5.41) is 0.844. The van der Waals surface area contributed by atoms with Gasteiger partial charge in [-0.1, -0.05) is 22.0 Å². The molecule has 0 aliphatic heterocycles. The third-order valence-corrected chi connectivity index (χ3v) is 2.68. The molecule has 0 saturated carbocycles. The molecule has 0 unspecified atom stereocenters. The van der Waals surface area contributed by atoms with Crippen LogP contribution in [0.25, 0.3) is 10.9 Å². The molecule has 0 aliphatic rings. The smallest absolute Gasteiger partial charge is 0.177 e. The van der Waals surface area contributed by atoms with E-state index in [2.05, 4.69) is 20.9 Å². The molecule has 0 atom stereocenters. The molecule has 1 aromatic heterocycles. The van der Waals surface area contributed by atoms with Crippen molar-refractivity contribution in [1.82, 2.24) is 4.98 Å². The minimum Gasteiger partial charge on any atom is -0.324 e. The van der Waals surface area contributed by atoms with E-state index in [1.54, 1.807) is 12.3 Å². The van der Waals surface area contributed by atoms with Crippen molar-refractivity contribution in [3.05, 3.63) is 40.5 Å². The number of nitrogens with two attached hydrogens (primary N) is 1. The van der Waals surface area contributed by atoms with Gasteiger partial charge in [-0.3, -0.25) is 9.78 Å². The fourth-order valence-corrected chi connectivity index (χ4v) is 1.82. The summed E-state index contributed by atoms with van der Waals surface area (Å²) in [6.45, 7) is 0.0230. The number of rotatable bonds is 2. The molecule has 1 aromatic carbocycles. The maximum Gasteiger partial charge on any atom is 0.177 e. The molecular weight excluding hydrogens is 256 g/mol. The lowest BCUT2D eigenvalue weighted by Crippen LogP contribution is -2.13. The molecule has 0 aliphatic carbocycles. The predicted molar refractivity (Wildman–Crippen MR) is 62.8 cm³/mol. The highest BCUT2D eigenvalue weighted by Crippen LogP contribution is 2.21. The molecule has 3 nitrogen and oxygen atoms in total. The van der Waals surface area contributed by atoms with E-state index >= 15 is 0 Å². The van der Waals surface area contributed by atoms with Crippen LogP contribution in [0.15, 0.2) is 34.9 Å². The number of pyridine rings is 1. The zero-order valence-corrected chi connectivity index (χ0v) is 9.49. The van der Waals surface area contributed by atoms with Gasteiger partial charge in [0.1, 0.15) is 0 Å². The van der Waals surface area contributed by atoms with Crippen LogP contribution in [0.5, 0.6) is 0 Å². The topological polar surface area (TPSA) is 56.0 Å². The Hall–Kier alpha value is -1.26. The number of nitrogens with zero attached hydrogens (tertiary/aromatic N) is 1. The number of ketones is 1. The summed E-state index contributed by atoms with van der Waals surface area (Å²) in [6, 6.07) is 7.33. The first-order valence-electron chi connectivity index (χ1n) is 4.50. The van der Waals surface area contributed by atoms with Crippen LogP contribution >= 0.6 is 15.9 Å². The van der Waals surface area contributed by atoms with E-state index in [1.807, 2.05) is 18.2 Å². The lowest BCUT2D eigenvalue weighted by atomic mass is 10.1. The standard InChI is InChI=1S/C11H9BrN2O/c12-7-1-2-8-9(11(15)6-13)3-4-14-10(8)5-7/h1-5H,6,13H2. The average Bonchev–Trinajstić information content (AvgIpc) is 2.26. The highest BCUT2D eigenvalue weighted by molar-refractivity contribution is 9.10. The normalized spacial score (nSPS) is 10.5. The van der Waals surface area contributed by atoms with Gasteiger partial charge in [-0.2, -0.15) is 0 Å². The molecule has 2 rings (SSSR count). The van der Waals surface area contributed by atoms with Crippen LogP contribution in [0.1, 0.15) is 10.4 Å². The third-order valence-electron chi connectivity index (χ3n) is 2.19. The summed E-state index contributed by atoms with van der Waals surface area (Å²) in [7, 11) is 0. The summed E-state index contributed by atoms with van der Waals surface area (Å²) in [4.78, 5) is 15.7. The lowest BCUT2D eigenvalue weighted by Gasteiger charge is -2.03. The molecule has 0 amide bonds. The Morgan fingerprint density at radius 3 is 2.93 bits per heavy atom. The molecule has 76 valence electrons. The fourth-order valence-electron chi connectivity index (χ4n) is 1.47. The summed E-state index contributed by atoms with van der Waals surface area (Å²) in [5.74, 6) is -0.0651. The number of halogens is 1. The van der Waals surface area contributed by atoms with Crippen LogP contribution in [0.3, 0.4) is 0 Å². The van der Waals surface area contributed by atoms with Crippen molar-refractivity contribution in [3.8, 4) is 0 Å². The first kappa shape index (κ1) is 10.3. The van der Waals surface area contributed by atoms with Crippen molar-refractivity contribution in [1.29, 1.82) is 0 Å². The van der Waals surface area contributed by atoms with E-state index in [9.17, 15) is 4.79 Å². The number of Topliss-reactive ketones (excluding diaryl/α,β-unsaturated/α-hetero) is 1. The number of hydrogen-bond donors (Lipinski definition) is 1. The van der Waals surface area contributed by atoms with Crippen LogP contribution in [-0.2, 0) is 0 Å². The second-order valence-corrected chi connectivity index (χ2v) is 4.06. The SMILES string of the molecule is NCC(=O)c1ccnc2cc(Br)ccc12. The van der Waals surface area contributed by atoms with E-state index in [0.717, 1.165) is 15.4 Å². The molecule has 0 fully saturated rings. The second-order valence-electron chi connectivity index (χ2n) is 3.15. The molecule has 15 heavy (non-hydrogen) atoms. The van der Waals surface area contributed by atoms with Gasteiger partial charge in [-0.15, -0.1) is 0 Å². The predicted octanol–water partition coefficient (Wildman–Crippen LogP) is 2.14. The molecular formula is C11H9BrN2O. The zero-order valence-electron chi connectivity index (χ0n) is 7.90. The van der Waals surface area contributed by atoms with Gasteiger partial charge in [-0.25, -0.2) is 0 Å². The summed E-state index contributed by atoms with van der Waals surface area (Å²) in [5.41, 5.74) is 6.78. The minimum atomic E-state index is -0.0651. The Morgan fingerprint density at radius 2 is 2.20 bits per heavy atom. The van der Waals surface area contributed by atoms with Gasteiger partial charge in [0.05, 0.1) is 12.1 Å². The molecule has 0 radical (unpaired) electrons. The Morgan fingerprint density at radius 1 is 1.40 bits per heavy atom. The Bertz CT molecular complexity index is 525. The second kappa shape index (κ2) is 4.08. The summed E-state index contributed by atoms with van der Waals surface area (Å²) in [6.07, 6.45) is 1.62. The van der Waals surface area contributed by atoms with Gasteiger partial charge in [0.25, 0.3) is 0 Å². The van der Waals surface area contributed by atoms with Crippen molar-refractivity contribution in [2.75, 3.05) is 6.54 Å². The van der Waals surface area contributed by atoms with Gasteiger partial charge in [-0.05, 0) is 18.2 Å². The molecule has 0 bridgehead atoms. The van der Waals surface area contributed by atoms with Gasteiger partial charge >= 0.3 is 0 Å². The Balaban J connectivity index is 2.71. The zero-order chi connectivity index (χ0) is 10.8. The van der Waals surface area contributed by atoms with E-state index in [4.69, 9.17) is 5.73 Å². The van der Waals surface area contributed by atoms with Crippen molar-refractivity contribution in [2.45, 2.75) is 0 Å². The van der Waals surface area contributed by atoms with Crippen LogP contribution in [0.2, 0.25) is 0 Å². The quantitative estimate of drug-likeness (QED) is 0.846. The summed E-state index contributed by atoms with van der Waals surface area (Å²) < 4.78 is 0.944. The fraction of sp³-hybridized carbons (Fsp3) is 0.0909. The van der Waals surface area contributed by atoms with Gasteiger partial charge in [0.15, 0.2) is 5.78 Å². The number of carbonyl (C=O) groups excluding carboxylic acids is 1. The number of fused-ring (bicyclic) bond motifs is 1. The highest BCUT2D eigenvalue weighted by atomic mass is 79.9. The lowest BCUT2D eigenvalue weighted by molar-refractivity contribution is 0.100. The molecule has 4 heteroatoms. The van der Waals surface area contributed by atoms with Crippen LogP contribution in [-0.4, -0.2) is 17.3 Å². The van der Waals surface area contributed by atoms with Gasteiger partial charge in [0.2, 0.25) is 0 Å². The number of carbonyl (C=O) groups is 1. The highest BCUT2D eigenvalue weighted by Gasteiger charge is 2.08. The van der Waals surface area contributed by atoms with E-state index in [1.165, 1.54) is 0 Å². The first-order chi connectivity index (χ1) is 7.22. The van der Waals surface area contributed by atoms with Crippen LogP contribution in [0.4, 0.5) is 0 Å². The number of benzene rings is 1. The number of aromatic nitrogens is 1. The molecule has 2 aromatic rings. The van der Waals surface area contributed by atoms with Gasteiger partial charge in [0, 0.05) is 21.6 Å². The van der Waals surface area contributed by atoms with Crippen molar-refractivity contribution < 1.29 is 4.79 Å². The molecule has 0 saturated heterocycles. The average molecular weight is 265 g/mol. The van der Waals surface area contributed by atoms with Crippen molar-refractivity contribution >= 4 is 32.6 Å². The molecule has 0 spiro atoms. The Kier molecular flexibility index (Phi) is 2.79. The van der Waals surface area contributed by atoms with Crippen molar-refractivity contribution in [2.24, 2.45) is 5.73 Å². The van der Waals surface area contributed by atoms with Crippen molar-refractivity contribution in [3.63, 3.8) is 0 Å². The summed E-state index contributed by atoms with van der Waals surface area (Å²) >= 11 is 3.36. The van der Waals surface area contributed by atoms with Gasteiger partial charge < -0.3 is 5.73 Å². The third kappa shape index (κ3) is 1.91. The molecule has 2 N–H and O–H groups in total. The molecule has 1 heterocycles. The maximum atomic E-state index is 11.5. The Labute approximate surface area is 95.4 Å². The van der Waals surface area contributed by atoms with E-state index in [-0.39, 0.29) is 12.3 Å². The minimum absolute atomic E-state index is 0.0230. The monoisotopic (exact) mass is 264 g/mol. The number of hydrogen-bond acceptors (Lipinski definition) is 3.